The van der Waals surface area contributed by atoms with E-state index in [2.05, 4.69) is 20.8 Å². The minimum absolute atomic E-state index is 0.0327. The number of nitrogens with one attached hydrogen (secondary N) is 1. The van der Waals surface area contributed by atoms with Crippen molar-refractivity contribution < 1.29 is 9.90 Å². The van der Waals surface area contributed by atoms with E-state index in [1.54, 1.807) is 4.90 Å². The fraction of sp³-hybridized carbons (Fsp3) is 0.467. The van der Waals surface area contributed by atoms with Crippen LogP contribution in [-0.4, -0.2) is 55.4 Å². The third-order valence-electron chi connectivity index (χ3n) is 4.08. The van der Waals surface area contributed by atoms with E-state index in [1.165, 1.54) is 4.68 Å². The monoisotopic (exact) mass is 316 g/mol. The van der Waals surface area contributed by atoms with Gasteiger partial charge in [-0.05, 0) is 29.3 Å². The second kappa shape index (κ2) is 6.74. The first-order chi connectivity index (χ1) is 11.2. The summed E-state index contributed by atoms with van der Waals surface area (Å²) in [5.74, 6) is 0.351. The van der Waals surface area contributed by atoms with Crippen LogP contribution in [0.4, 0.5) is 10.7 Å². The molecule has 0 aliphatic carbocycles. The lowest BCUT2D eigenvalue weighted by atomic mass is 9.97. The number of anilines is 1. The standard InChI is InChI=1S/C15H20N6O2/c1-2-21-14(17-18-19-21)16-15(23)20-9-12(13(22)10-20)8-11-6-4-3-5-7-11/h3-7,12-13,22H,2,8-10H2,1H3,(H,16,17,19,23)/t12-,13-/m1/s1. The summed E-state index contributed by atoms with van der Waals surface area (Å²) in [5.41, 5.74) is 1.16. The van der Waals surface area contributed by atoms with E-state index < -0.39 is 6.10 Å². The van der Waals surface area contributed by atoms with Gasteiger partial charge in [-0.1, -0.05) is 35.4 Å². The summed E-state index contributed by atoms with van der Waals surface area (Å²) in [6.45, 7) is 3.29. The number of hydrogen-bond donors (Lipinski definition) is 2. The summed E-state index contributed by atoms with van der Waals surface area (Å²) in [7, 11) is 0. The highest BCUT2D eigenvalue weighted by molar-refractivity contribution is 5.87. The number of nitrogens with zero attached hydrogens (tertiary/aromatic N) is 5. The van der Waals surface area contributed by atoms with Gasteiger partial charge in [0.2, 0.25) is 0 Å². The number of aryl methyl sites for hydroxylation is 1. The van der Waals surface area contributed by atoms with E-state index in [0.717, 1.165) is 12.0 Å². The number of aliphatic hydroxyl groups is 1. The molecule has 1 aliphatic rings. The van der Waals surface area contributed by atoms with Crippen LogP contribution in [0.5, 0.6) is 0 Å². The molecule has 1 aromatic heterocycles. The first-order valence-corrected chi connectivity index (χ1v) is 7.71. The fourth-order valence-corrected chi connectivity index (χ4v) is 2.82. The van der Waals surface area contributed by atoms with E-state index in [4.69, 9.17) is 0 Å². The van der Waals surface area contributed by atoms with Gasteiger partial charge in [0.15, 0.2) is 0 Å². The smallest absolute Gasteiger partial charge is 0.324 e. The normalized spacial score (nSPS) is 20.7. The summed E-state index contributed by atoms with van der Waals surface area (Å²) >= 11 is 0. The van der Waals surface area contributed by atoms with Gasteiger partial charge in [-0.25, -0.2) is 9.48 Å². The first-order valence-electron chi connectivity index (χ1n) is 7.71. The molecule has 8 nitrogen and oxygen atoms in total. The van der Waals surface area contributed by atoms with Gasteiger partial charge in [0.25, 0.3) is 5.95 Å². The Bertz CT molecular complexity index is 659. The highest BCUT2D eigenvalue weighted by Gasteiger charge is 2.34. The van der Waals surface area contributed by atoms with Crippen LogP contribution in [0.3, 0.4) is 0 Å². The van der Waals surface area contributed by atoms with Gasteiger partial charge in [0.1, 0.15) is 0 Å². The lowest BCUT2D eigenvalue weighted by Gasteiger charge is -2.16. The second-order valence-electron chi connectivity index (χ2n) is 5.67. The van der Waals surface area contributed by atoms with Crippen LogP contribution >= 0.6 is 0 Å². The Morgan fingerprint density at radius 3 is 2.87 bits per heavy atom. The molecule has 0 saturated carbocycles. The number of benzene rings is 1. The number of β-amino-alcohol motifs (C(OH)–C–C–N with tert-alkyl or cyclic N) is 1. The van der Waals surface area contributed by atoms with Crippen LogP contribution in [-0.2, 0) is 13.0 Å². The highest BCUT2D eigenvalue weighted by Crippen LogP contribution is 2.22. The largest absolute Gasteiger partial charge is 0.391 e. The number of amides is 2. The zero-order chi connectivity index (χ0) is 16.2. The molecule has 0 spiro atoms. The van der Waals surface area contributed by atoms with E-state index >= 15 is 0 Å². The van der Waals surface area contributed by atoms with Crippen LogP contribution in [0.15, 0.2) is 30.3 Å². The average molecular weight is 316 g/mol. The van der Waals surface area contributed by atoms with Crippen molar-refractivity contribution in [1.29, 1.82) is 0 Å². The first kappa shape index (κ1) is 15.4. The fourth-order valence-electron chi connectivity index (χ4n) is 2.82. The number of hydrogen-bond acceptors (Lipinski definition) is 5. The molecule has 0 bridgehead atoms. The van der Waals surface area contributed by atoms with Crippen LogP contribution in [0, 0.1) is 5.92 Å². The molecule has 8 heteroatoms. The molecule has 2 N–H and O–H groups in total. The molecule has 2 atom stereocenters. The molecule has 0 unspecified atom stereocenters. The lowest BCUT2D eigenvalue weighted by molar-refractivity contribution is 0.143. The molecule has 23 heavy (non-hydrogen) atoms. The predicted molar refractivity (Wildman–Crippen MR) is 83.7 cm³/mol. The molecule has 2 amide bonds. The van der Waals surface area contributed by atoms with Crippen molar-refractivity contribution in [3.05, 3.63) is 35.9 Å². The average Bonchev–Trinajstić information content (AvgIpc) is 3.15. The van der Waals surface area contributed by atoms with Gasteiger partial charge >= 0.3 is 6.03 Å². The Balaban J connectivity index is 1.60. The molecule has 1 fully saturated rings. The quantitative estimate of drug-likeness (QED) is 0.868. The van der Waals surface area contributed by atoms with Gasteiger partial charge in [-0.3, -0.25) is 5.32 Å². The minimum atomic E-state index is -0.525. The third-order valence-corrected chi connectivity index (χ3v) is 4.08. The molecule has 2 heterocycles. The molecule has 122 valence electrons. The van der Waals surface area contributed by atoms with Crippen molar-refractivity contribution >= 4 is 12.0 Å². The van der Waals surface area contributed by atoms with Gasteiger partial charge in [0.05, 0.1) is 6.10 Å². The molecular weight excluding hydrogens is 296 g/mol. The maximum Gasteiger partial charge on any atom is 0.324 e. The molecular formula is C15H20N6O2. The Labute approximate surface area is 134 Å². The molecule has 0 radical (unpaired) electrons. The molecule has 2 aromatic rings. The van der Waals surface area contributed by atoms with Crippen molar-refractivity contribution in [2.75, 3.05) is 18.4 Å². The summed E-state index contributed by atoms with van der Waals surface area (Å²) in [6, 6.07) is 9.70. The van der Waals surface area contributed by atoms with Crippen LogP contribution in [0.2, 0.25) is 0 Å². The minimum Gasteiger partial charge on any atom is -0.391 e. The van der Waals surface area contributed by atoms with Crippen molar-refractivity contribution in [3.8, 4) is 0 Å². The Hall–Kier alpha value is -2.48. The summed E-state index contributed by atoms with van der Waals surface area (Å²) in [5, 5.41) is 24.0. The number of aromatic nitrogens is 4. The van der Waals surface area contributed by atoms with Gasteiger partial charge in [-0.15, -0.1) is 0 Å². The van der Waals surface area contributed by atoms with Crippen LogP contribution in [0.1, 0.15) is 12.5 Å². The van der Waals surface area contributed by atoms with Crippen LogP contribution in [0.25, 0.3) is 0 Å². The summed E-state index contributed by atoms with van der Waals surface area (Å²) < 4.78 is 1.51. The predicted octanol–water partition coefficient (Wildman–Crippen LogP) is 0.760. The zero-order valence-electron chi connectivity index (χ0n) is 13.0. The highest BCUT2D eigenvalue weighted by atomic mass is 16.3. The Morgan fingerprint density at radius 2 is 2.13 bits per heavy atom. The van der Waals surface area contributed by atoms with E-state index in [9.17, 15) is 9.90 Å². The maximum absolute atomic E-state index is 12.3. The SMILES string of the molecule is CCn1nnnc1NC(=O)N1C[C@@H](Cc2ccccc2)[C@H](O)C1. The zero-order valence-corrected chi connectivity index (χ0v) is 13.0. The molecule has 1 aliphatic heterocycles. The van der Waals surface area contributed by atoms with Gasteiger partial charge in [-0.2, -0.15) is 0 Å². The molecule has 1 saturated heterocycles. The third kappa shape index (κ3) is 3.48. The van der Waals surface area contributed by atoms with E-state index in [-0.39, 0.29) is 11.9 Å². The van der Waals surface area contributed by atoms with Crippen LogP contribution < -0.4 is 5.32 Å². The second-order valence-corrected chi connectivity index (χ2v) is 5.67. The van der Waals surface area contributed by atoms with Crippen molar-refractivity contribution in [2.45, 2.75) is 26.0 Å². The number of rotatable bonds is 4. The van der Waals surface area contributed by atoms with E-state index in [0.29, 0.717) is 25.6 Å². The van der Waals surface area contributed by atoms with Gasteiger partial charge in [0, 0.05) is 25.6 Å². The number of tetrazole rings is 1. The Kier molecular flexibility index (Phi) is 4.52. The van der Waals surface area contributed by atoms with Gasteiger partial charge < -0.3 is 10.0 Å². The lowest BCUT2D eigenvalue weighted by Crippen LogP contribution is -2.34. The van der Waals surface area contributed by atoms with Crippen molar-refractivity contribution in [2.24, 2.45) is 5.92 Å². The Morgan fingerprint density at radius 1 is 1.35 bits per heavy atom. The number of carbonyl (C=O) groups excluding carboxylic acids is 1. The maximum atomic E-state index is 12.3. The number of urea groups is 1. The molecule has 3 rings (SSSR count). The molecule has 1 aromatic carbocycles. The topological polar surface area (TPSA) is 96.2 Å². The van der Waals surface area contributed by atoms with E-state index in [1.807, 2.05) is 37.3 Å². The number of carbonyl (C=O) groups is 1. The summed E-state index contributed by atoms with van der Waals surface area (Å²) in [4.78, 5) is 13.9. The summed E-state index contributed by atoms with van der Waals surface area (Å²) in [6.07, 6.45) is 0.224. The van der Waals surface area contributed by atoms with Crippen molar-refractivity contribution in [1.82, 2.24) is 25.1 Å². The number of aliphatic hydroxyl groups excluding tert-OH is 1. The number of likely N-dealkylation sites (tertiary alicyclic amines) is 1. The van der Waals surface area contributed by atoms with Crippen molar-refractivity contribution in [3.63, 3.8) is 0 Å².